The molecule has 19 heteroatoms. The molecule has 49 heavy (non-hydrogen) atoms. The van der Waals surface area contributed by atoms with Crippen molar-refractivity contribution in [3.05, 3.63) is 0 Å². The van der Waals surface area contributed by atoms with E-state index in [2.05, 4.69) is 26.6 Å². The van der Waals surface area contributed by atoms with Gasteiger partial charge in [0.1, 0.15) is 32.5 Å². The zero-order valence-corrected chi connectivity index (χ0v) is 28.9. The predicted molar refractivity (Wildman–Crippen MR) is 174 cm³/mol. The van der Waals surface area contributed by atoms with Gasteiger partial charge in [-0.3, -0.25) is 24.0 Å². The van der Waals surface area contributed by atoms with Crippen LogP contribution in [-0.2, 0) is 61.9 Å². The van der Waals surface area contributed by atoms with E-state index in [-0.39, 0.29) is 122 Å². The second-order valence-electron chi connectivity index (χ2n) is 10.0. The van der Waals surface area contributed by atoms with Crippen molar-refractivity contribution in [1.82, 2.24) is 26.6 Å². The first-order chi connectivity index (χ1) is 23.8. The summed E-state index contributed by atoms with van der Waals surface area (Å²) in [5.41, 5.74) is 0. The largest absolute Gasteiger partial charge is 0.480 e. The van der Waals surface area contributed by atoms with E-state index in [1.165, 1.54) is 7.05 Å². The van der Waals surface area contributed by atoms with Crippen molar-refractivity contribution >= 4 is 29.6 Å². The zero-order valence-electron chi connectivity index (χ0n) is 28.9. The summed E-state index contributed by atoms with van der Waals surface area (Å²) in [6.07, 6.45) is 1.19. The van der Waals surface area contributed by atoms with Crippen LogP contribution in [0.4, 0.5) is 0 Å². The summed E-state index contributed by atoms with van der Waals surface area (Å²) in [7, 11) is 1.54. The molecular weight excluding hydrogens is 654 g/mol. The molecule has 0 saturated carbocycles. The molecule has 0 saturated heterocycles. The van der Waals surface area contributed by atoms with Crippen LogP contribution in [0.3, 0.4) is 0 Å². The van der Waals surface area contributed by atoms with E-state index in [4.69, 9.17) is 43.0 Å². The van der Waals surface area contributed by atoms with Gasteiger partial charge in [0, 0.05) is 32.8 Å². The zero-order chi connectivity index (χ0) is 36.2. The highest BCUT2D eigenvalue weighted by atomic mass is 16.5. The lowest BCUT2D eigenvalue weighted by Crippen LogP contribution is -2.38. The van der Waals surface area contributed by atoms with Crippen LogP contribution in [0.25, 0.3) is 0 Å². The van der Waals surface area contributed by atoms with Crippen LogP contribution in [0.1, 0.15) is 19.8 Å². The molecule has 0 aliphatic heterocycles. The van der Waals surface area contributed by atoms with Crippen LogP contribution in [0, 0.1) is 0 Å². The maximum atomic E-state index is 11.8. The lowest BCUT2D eigenvalue weighted by Gasteiger charge is -2.11. The van der Waals surface area contributed by atoms with Gasteiger partial charge in [-0.15, -0.1) is 0 Å². The number of nitrogens with one attached hydrogen (secondary N) is 5. The molecule has 0 aliphatic carbocycles. The highest BCUT2D eigenvalue weighted by Crippen LogP contribution is 1.90. The van der Waals surface area contributed by atoms with Gasteiger partial charge in [0.15, 0.2) is 0 Å². The van der Waals surface area contributed by atoms with Crippen LogP contribution in [0.5, 0.6) is 0 Å². The number of ether oxygens (including phenoxy) is 8. The molecular formula is C30H57N5O14. The molecule has 6 N–H and O–H groups in total. The van der Waals surface area contributed by atoms with Crippen molar-refractivity contribution in [3.8, 4) is 0 Å². The highest BCUT2D eigenvalue weighted by molar-refractivity contribution is 5.78. The van der Waals surface area contributed by atoms with Crippen LogP contribution in [0.15, 0.2) is 0 Å². The van der Waals surface area contributed by atoms with Crippen molar-refractivity contribution in [2.45, 2.75) is 25.8 Å². The van der Waals surface area contributed by atoms with Crippen molar-refractivity contribution in [3.63, 3.8) is 0 Å². The average molecular weight is 712 g/mol. The van der Waals surface area contributed by atoms with Crippen LogP contribution in [-0.4, -0.2) is 180 Å². The van der Waals surface area contributed by atoms with Crippen molar-refractivity contribution < 1.29 is 67.0 Å². The molecule has 0 bridgehead atoms. The van der Waals surface area contributed by atoms with E-state index >= 15 is 0 Å². The molecule has 0 fully saturated rings. The van der Waals surface area contributed by atoms with Crippen LogP contribution in [0.2, 0.25) is 0 Å². The fourth-order valence-electron chi connectivity index (χ4n) is 3.42. The third-order valence-electron chi connectivity index (χ3n) is 5.88. The first-order valence-corrected chi connectivity index (χ1v) is 16.4. The minimum atomic E-state index is -0.983. The topological polar surface area (TPSA) is 240 Å². The molecule has 0 aromatic heterocycles. The average Bonchev–Trinajstić information content (AvgIpc) is 3.08. The summed E-state index contributed by atoms with van der Waals surface area (Å²) in [5.74, 6) is -2.17. The number of aliphatic carboxylic acids is 1. The number of carboxylic acids is 1. The maximum absolute atomic E-state index is 11.8. The molecule has 0 aliphatic rings. The molecule has 0 radical (unpaired) electrons. The fourth-order valence-corrected chi connectivity index (χ4v) is 3.42. The number of carboxylic acid groups (broad SMARTS) is 1. The Kier molecular flexibility index (Phi) is 32.7. The van der Waals surface area contributed by atoms with E-state index in [1.54, 1.807) is 0 Å². The Morgan fingerprint density at radius 1 is 0.469 bits per heavy atom. The van der Waals surface area contributed by atoms with Gasteiger partial charge in [-0.2, -0.15) is 0 Å². The molecule has 1 atom stereocenters. The summed E-state index contributed by atoms with van der Waals surface area (Å²) in [5, 5.41) is 22.1. The van der Waals surface area contributed by atoms with Gasteiger partial charge < -0.3 is 69.6 Å². The molecule has 0 aromatic rings. The van der Waals surface area contributed by atoms with E-state index in [0.29, 0.717) is 39.5 Å². The number of hydrogen-bond acceptors (Lipinski definition) is 14. The Bertz CT molecular complexity index is 871. The number of carbonyl (C=O) groups is 5. The molecule has 4 amide bonds. The number of likely N-dealkylation sites (N-methyl/N-ethyl adjacent to an activating group) is 1. The summed E-state index contributed by atoms with van der Waals surface area (Å²) in [6, 6.07) is -0.728. The number of amides is 4. The Hall–Kier alpha value is -3.01. The monoisotopic (exact) mass is 711 g/mol. The quantitative estimate of drug-likeness (QED) is 0.0357. The van der Waals surface area contributed by atoms with Crippen LogP contribution >= 0.6 is 0 Å². The van der Waals surface area contributed by atoms with Crippen molar-refractivity contribution in [2.75, 3.05) is 139 Å². The minimum Gasteiger partial charge on any atom is -0.480 e. The Labute approximate surface area is 288 Å². The number of rotatable bonds is 36. The summed E-state index contributed by atoms with van der Waals surface area (Å²) in [4.78, 5) is 57.7. The van der Waals surface area contributed by atoms with E-state index in [9.17, 15) is 24.0 Å². The third-order valence-corrected chi connectivity index (χ3v) is 5.88. The lowest BCUT2D eigenvalue weighted by atomic mass is 10.2. The minimum absolute atomic E-state index is 0.0317. The van der Waals surface area contributed by atoms with Crippen molar-refractivity contribution in [2.24, 2.45) is 0 Å². The number of hydrogen-bond donors (Lipinski definition) is 6. The Morgan fingerprint density at radius 2 is 0.776 bits per heavy atom. The first-order valence-electron chi connectivity index (χ1n) is 16.4. The molecule has 0 spiro atoms. The van der Waals surface area contributed by atoms with Gasteiger partial charge in [-0.05, 0) is 19.9 Å². The lowest BCUT2D eigenvalue weighted by molar-refractivity contribution is -0.139. The third kappa shape index (κ3) is 33.3. The Morgan fingerprint density at radius 3 is 1.08 bits per heavy atom. The van der Waals surface area contributed by atoms with Gasteiger partial charge >= 0.3 is 5.97 Å². The van der Waals surface area contributed by atoms with E-state index < -0.39 is 12.0 Å². The first kappa shape index (κ1) is 46.0. The molecule has 0 aromatic carbocycles. The molecule has 19 nitrogen and oxygen atoms in total. The maximum Gasteiger partial charge on any atom is 0.320 e. The summed E-state index contributed by atoms with van der Waals surface area (Å²) in [6.45, 7) is 6.38. The molecule has 0 rings (SSSR count). The highest BCUT2D eigenvalue weighted by Gasteiger charge is 2.14. The van der Waals surface area contributed by atoms with E-state index in [0.717, 1.165) is 6.42 Å². The smallest absolute Gasteiger partial charge is 0.320 e. The predicted octanol–water partition coefficient (Wildman–Crippen LogP) is -2.94. The van der Waals surface area contributed by atoms with E-state index in [1.807, 2.05) is 6.92 Å². The normalized spacial score (nSPS) is 11.6. The fraction of sp³-hybridized carbons (Fsp3) is 0.833. The molecule has 0 heterocycles. The Balaban J connectivity index is 3.41. The van der Waals surface area contributed by atoms with Gasteiger partial charge in [-0.1, -0.05) is 6.92 Å². The second-order valence-corrected chi connectivity index (χ2v) is 10.0. The SMILES string of the molecule is CCCOCCOCC(=O)NCCOCCOCC(=O)NCCOCCOCC(=O)NCCOCCOCC(=O)NCCC(NC)C(=O)O. The summed E-state index contributed by atoms with van der Waals surface area (Å²) < 4.78 is 42.1. The van der Waals surface area contributed by atoms with Crippen molar-refractivity contribution in [1.29, 1.82) is 0 Å². The second kappa shape index (κ2) is 34.8. The number of carbonyl (C=O) groups excluding carboxylic acids is 4. The molecule has 1 unspecified atom stereocenters. The van der Waals surface area contributed by atoms with Gasteiger partial charge in [-0.25, -0.2) is 0 Å². The van der Waals surface area contributed by atoms with Gasteiger partial charge in [0.25, 0.3) is 0 Å². The standard InChI is InChI=1S/C30H57N5O14/c1-3-9-42-13-17-46-22-27(37)33-6-11-44-15-19-48-24-29(39)35-8-12-45-16-20-49-23-28(38)34-7-10-43-14-18-47-21-26(36)32-5-4-25(31-2)30(40)41/h25,31H,3-24H2,1-2H3,(H,32,36)(H,33,37)(H,34,38)(H,35,39)(H,40,41). The van der Waals surface area contributed by atoms with Crippen LogP contribution < -0.4 is 26.6 Å². The summed E-state index contributed by atoms with van der Waals surface area (Å²) >= 11 is 0. The van der Waals surface area contributed by atoms with Gasteiger partial charge in [0.05, 0.1) is 72.7 Å². The molecule has 286 valence electrons. The van der Waals surface area contributed by atoms with Gasteiger partial charge in [0.2, 0.25) is 23.6 Å².